The van der Waals surface area contributed by atoms with Gasteiger partial charge in [0, 0.05) is 30.9 Å². The largest absolute Gasteiger partial charge is 0.497 e. The van der Waals surface area contributed by atoms with Crippen molar-refractivity contribution in [2.75, 3.05) is 26.6 Å². The van der Waals surface area contributed by atoms with Gasteiger partial charge in [-0.2, -0.15) is 13.2 Å². The van der Waals surface area contributed by atoms with Crippen molar-refractivity contribution >= 4 is 17.7 Å². The van der Waals surface area contributed by atoms with Crippen molar-refractivity contribution in [1.82, 2.24) is 15.3 Å². The van der Waals surface area contributed by atoms with Crippen LogP contribution in [-0.4, -0.2) is 48.5 Å². The van der Waals surface area contributed by atoms with Crippen LogP contribution in [0.3, 0.4) is 0 Å². The second kappa shape index (κ2) is 10.4. The Hall–Kier alpha value is -2.33. The summed E-state index contributed by atoms with van der Waals surface area (Å²) in [5, 5.41) is 2.70. The number of aromatic nitrogens is 2. The number of amides is 1. The minimum atomic E-state index is -4.60. The third-order valence-corrected chi connectivity index (χ3v) is 4.62. The van der Waals surface area contributed by atoms with Crippen molar-refractivity contribution in [3.05, 3.63) is 36.0 Å². The molecule has 0 bridgehead atoms. The highest BCUT2D eigenvalue weighted by molar-refractivity contribution is 7.99. The molecule has 1 aromatic carbocycles. The zero-order chi connectivity index (χ0) is 21.4. The SMILES string of the molecule is COC[C@@H](C)NC(=O)CCSc1nc(-c2ccc(OC)cc2)cc(C(F)(F)F)n1. The van der Waals surface area contributed by atoms with Crippen molar-refractivity contribution in [2.24, 2.45) is 0 Å². The third-order valence-electron chi connectivity index (χ3n) is 3.77. The molecule has 1 atom stereocenters. The number of methoxy groups -OCH3 is 2. The van der Waals surface area contributed by atoms with Crippen molar-refractivity contribution in [3.63, 3.8) is 0 Å². The lowest BCUT2D eigenvalue weighted by atomic mass is 10.1. The molecule has 1 amide bonds. The van der Waals surface area contributed by atoms with Gasteiger partial charge in [0.25, 0.3) is 0 Å². The standard InChI is InChI=1S/C19H22F3N3O3S/c1-12(11-27-2)23-17(26)8-9-29-18-24-15(10-16(25-18)19(20,21)22)13-4-6-14(28-3)7-5-13/h4-7,10,12H,8-9,11H2,1-3H3,(H,23,26)/t12-/m1/s1. The number of nitrogens with zero attached hydrogens (tertiary/aromatic N) is 2. The van der Waals surface area contributed by atoms with Crippen LogP contribution in [0.15, 0.2) is 35.5 Å². The summed E-state index contributed by atoms with van der Waals surface area (Å²) in [5.41, 5.74) is -0.374. The lowest BCUT2D eigenvalue weighted by Gasteiger charge is -2.13. The summed E-state index contributed by atoms with van der Waals surface area (Å²) in [4.78, 5) is 19.7. The molecule has 158 valence electrons. The van der Waals surface area contributed by atoms with Crippen molar-refractivity contribution in [1.29, 1.82) is 0 Å². The Morgan fingerprint density at radius 2 is 1.90 bits per heavy atom. The van der Waals surface area contributed by atoms with Crippen molar-refractivity contribution in [2.45, 2.75) is 30.7 Å². The smallest absolute Gasteiger partial charge is 0.433 e. The maximum absolute atomic E-state index is 13.3. The number of alkyl halides is 3. The fourth-order valence-corrected chi connectivity index (χ4v) is 3.21. The zero-order valence-electron chi connectivity index (χ0n) is 16.2. The van der Waals surface area contributed by atoms with E-state index in [1.807, 2.05) is 0 Å². The van der Waals surface area contributed by atoms with Gasteiger partial charge in [0.1, 0.15) is 11.4 Å². The number of rotatable bonds is 9. The summed E-state index contributed by atoms with van der Waals surface area (Å²) in [5.74, 6) is 0.612. The highest BCUT2D eigenvalue weighted by Crippen LogP contribution is 2.32. The topological polar surface area (TPSA) is 73.3 Å². The summed E-state index contributed by atoms with van der Waals surface area (Å²) in [7, 11) is 3.03. The average Bonchev–Trinajstić information content (AvgIpc) is 2.67. The van der Waals surface area contributed by atoms with E-state index >= 15 is 0 Å². The van der Waals surface area contributed by atoms with E-state index in [-0.39, 0.29) is 35.0 Å². The van der Waals surface area contributed by atoms with Gasteiger partial charge in [-0.05, 0) is 37.3 Å². The molecular formula is C19H22F3N3O3S. The van der Waals surface area contributed by atoms with Gasteiger partial charge in [0.2, 0.25) is 5.91 Å². The quantitative estimate of drug-likeness (QED) is 0.483. The van der Waals surface area contributed by atoms with E-state index in [0.717, 1.165) is 17.8 Å². The Balaban J connectivity index is 2.13. The number of nitrogens with one attached hydrogen (secondary N) is 1. The molecule has 29 heavy (non-hydrogen) atoms. The number of hydrogen-bond acceptors (Lipinski definition) is 6. The predicted octanol–water partition coefficient (Wildman–Crippen LogP) is 3.80. The molecule has 2 rings (SSSR count). The average molecular weight is 429 g/mol. The zero-order valence-corrected chi connectivity index (χ0v) is 17.1. The Morgan fingerprint density at radius 3 is 2.48 bits per heavy atom. The first kappa shape index (κ1) is 23.0. The van der Waals surface area contributed by atoms with Crippen LogP contribution in [0.1, 0.15) is 19.0 Å². The molecule has 0 saturated carbocycles. The summed E-state index contributed by atoms with van der Waals surface area (Å²) in [6, 6.07) is 7.29. The van der Waals surface area contributed by atoms with E-state index in [1.54, 1.807) is 31.2 Å². The number of carbonyl (C=O) groups excluding carboxylic acids is 1. The second-order valence-electron chi connectivity index (χ2n) is 6.17. The molecule has 0 radical (unpaired) electrons. The lowest BCUT2D eigenvalue weighted by Crippen LogP contribution is -2.35. The van der Waals surface area contributed by atoms with Gasteiger partial charge in [-0.1, -0.05) is 11.8 Å². The van der Waals surface area contributed by atoms with Crippen LogP contribution in [0.4, 0.5) is 13.2 Å². The normalized spacial score (nSPS) is 12.5. The Morgan fingerprint density at radius 1 is 1.21 bits per heavy atom. The number of carbonyl (C=O) groups is 1. The molecule has 0 spiro atoms. The summed E-state index contributed by atoms with van der Waals surface area (Å²) in [6.07, 6.45) is -4.48. The van der Waals surface area contributed by atoms with Gasteiger partial charge in [0.05, 0.1) is 19.4 Å². The Bertz CT molecular complexity index is 817. The highest BCUT2D eigenvalue weighted by Gasteiger charge is 2.33. The van der Waals surface area contributed by atoms with Gasteiger partial charge < -0.3 is 14.8 Å². The number of hydrogen-bond donors (Lipinski definition) is 1. The first-order valence-corrected chi connectivity index (χ1v) is 9.73. The minimum absolute atomic E-state index is 0.0385. The molecule has 0 aliphatic carbocycles. The molecule has 0 aliphatic rings. The van der Waals surface area contributed by atoms with Crippen LogP contribution >= 0.6 is 11.8 Å². The molecule has 2 aromatic rings. The second-order valence-corrected chi connectivity index (χ2v) is 7.23. The molecule has 0 saturated heterocycles. The maximum atomic E-state index is 13.3. The van der Waals surface area contributed by atoms with E-state index in [2.05, 4.69) is 15.3 Å². The molecule has 0 fully saturated rings. The van der Waals surface area contributed by atoms with Crippen LogP contribution < -0.4 is 10.1 Å². The fraction of sp³-hybridized carbons (Fsp3) is 0.421. The molecule has 0 unspecified atom stereocenters. The fourth-order valence-electron chi connectivity index (χ4n) is 2.42. The first-order chi connectivity index (χ1) is 13.7. The number of halogens is 3. The van der Waals surface area contributed by atoms with Crippen LogP contribution in [0.5, 0.6) is 5.75 Å². The van der Waals surface area contributed by atoms with Crippen LogP contribution in [0.2, 0.25) is 0 Å². The van der Waals surface area contributed by atoms with Crippen LogP contribution in [-0.2, 0) is 15.7 Å². The molecule has 6 nitrogen and oxygen atoms in total. The Labute approximate surface area is 171 Å². The third kappa shape index (κ3) is 7.21. The summed E-state index contributed by atoms with van der Waals surface area (Å²) >= 11 is 0.997. The van der Waals surface area contributed by atoms with Gasteiger partial charge in [-0.15, -0.1) is 0 Å². The number of benzene rings is 1. The van der Waals surface area contributed by atoms with Crippen LogP contribution in [0, 0.1) is 0 Å². The van der Waals surface area contributed by atoms with Crippen molar-refractivity contribution in [3.8, 4) is 17.0 Å². The lowest BCUT2D eigenvalue weighted by molar-refractivity contribution is -0.141. The van der Waals surface area contributed by atoms with E-state index < -0.39 is 11.9 Å². The monoisotopic (exact) mass is 429 g/mol. The van der Waals surface area contributed by atoms with E-state index in [4.69, 9.17) is 9.47 Å². The van der Waals surface area contributed by atoms with E-state index in [9.17, 15) is 18.0 Å². The van der Waals surface area contributed by atoms with Crippen LogP contribution in [0.25, 0.3) is 11.3 Å². The highest BCUT2D eigenvalue weighted by atomic mass is 32.2. The number of thioether (sulfide) groups is 1. The van der Waals surface area contributed by atoms with Gasteiger partial charge in [-0.3, -0.25) is 4.79 Å². The minimum Gasteiger partial charge on any atom is -0.497 e. The van der Waals surface area contributed by atoms with Gasteiger partial charge in [0.15, 0.2) is 5.16 Å². The first-order valence-electron chi connectivity index (χ1n) is 8.74. The molecule has 0 aliphatic heterocycles. The van der Waals surface area contributed by atoms with Gasteiger partial charge in [-0.25, -0.2) is 9.97 Å². The summed E-state index contributed by atoms with van der Waals surface area (Å²) in [6.45, 7) is 2.17. The summed E-state index contributed by atoms with van der Waals surface area (Å²) < 4.78 is 49.8. The predicted molar refractivity (Wildman–Crippen MR) is 104 cm³/mol. The van der Waals surface area contributed by atoms with Crippen molar-refractivity contribution < 1.29 is 27.4 Å². The maximum Gasteiger partial charge on any atom is 0.433 e. The Kier molecular flexibility index (Phi) is 8.27. The van der Waals surface area contributed by atoms with E-state index in [1.165, 1.54) is 14.2 Å². The van der Waals surface area contributed by atoms with Gasteiger partial charge >= 0.3 is 6.18 Å². The van der Waals surface area contributed by atoms with E-state index in [0.29, 0.717) is 17.9 Å². The number of ether oxygens (including phenoxy) is 2. The molecule has 10 heteroatoms. The molecule has 1 aromatic heterocycles. The molecule has 1 heterocycles. The molecular weight excluding hydrogens is 407 g/mol. The molecule has 1 N–H and O–H groups in total.